The number of nitrogens with one attached hydrogen (secondary N) is 2. The van der Waals surface area contributed by atoms with Gasteiger partial charge < -0.3 is 15.5 Å². The van der Waals surface area contributed by atoms with Crippen LogP contribution in [0.25, 0.3) is 0 Å². The van der Waals surface area contributed by atoms with Crippen LogP contribution < -0.4 is 10.6 Å². The van der Waals surface area contributed by atoms with E-state index < -0.39 is 0 Å². The molecule has 7 heteroatoms. The Balaban J connectivity index is 1.45. The highest BCUT2D eigenvalue weighted by atomic mass is 32.2. The van der Waals surface area contributed by atoms with Gasteiger partial charge in [0, 0.05) is 37.8 Å². The van der Waals surface area contributed by atoms with Gasteiger partial charge in [0.05, 0.1) is 17.5 Å². The molecule has 3 heterocycles. The first-order valence-corrected chi connectivity index (χ1v) is 8.67. The lowest BCUT2D eigenvalue weighted by atomic mass is 10.0. The van der Waals surface area contributed by atoms with Crippen molar-refractivity contribution in [3.63, 3.8) is 0 Å². The topological polar surface area (TPSA) is 74.3 Å². The monoisotopic (exact) mass is 320 g/mol. The Morgan fingerprint density at radius 3 is 3.14 bits per heavy atom. The standard InChI is InChI=1S/C15H20N4O2S/c20-14(12-2-1-3-16-9-12)18-8-11-6-13(17-7-11)15(21)19-4-5-22-10-19/h1-3,9,11,13,17H,4-8,10H2,(H,18,20)/t11?,13-/m0/s1. The van der Waals surface area contributed by atoms with E-state index in [2.05, 4.69) is 15.6 Å². The van der Waals surface area contributed by atoms with Gasteiger partial charge in [-0.3, -0.25) is 14.6 Å². The molecule has 0 spiro atoms. The molecule has 2 amide bonds. The SMILES string of the molecule is O=C(NCC1CN[C@H](C(=O)N2CCSC2)C1)c1cccnc1. The van der Waals surface area contributed by atoms with E-state index in [0.717, 1.165) is 31.1 Å². The Hall–Kier alpha value is -1.60. The number of hydrogen-bond donors (Lipinski definition) is 2. The minimum absolute atomic E-state index is 0.0982. The van der Waals surface area contributed by atoms with Crippen LogP contribution in [0.1, 0.15) is 16.8 Å². The first kappa shape index (κ1) is 15.3. The summed E-state index contributed by atoms with van der Waals surface area (Å²) in [6.07, 6.45) is 3.98. The molecule has 0 radical (unpaired) electrons. The third-order valence-corrected chi connectivity index (χ3v) is 5.02. The second-order valence-electron chi connectivity index (χ2n) is 5.65. The quantitative estimate of drug-likeness (QED) is 0.836. The summed E-state index contributed by atoms with van der Waals surface area (Å²) in [5.41, 5.74) is 0.565. The number of rotatable bonds is 4. The molecule has 2 N–H and O–H groups in total. The lowest BCUT2D eigenvalue weighted by Gasteiger charge is -2.19. The minimum Gasteiger partial charge on any atom is -0.352 e. The molecule has 2 aliphatic rings. The molecular formula is C15H20N4O2S. The van der Waals surface area contributed by atoms with Gasteiger partial charge in [-0.05, 0) is 24.5 Å². The van der Waals surface area contributed by atoms with Crippen molar-refractivity contribution >= 4 is 23.6 Å². The lowest BCUT2D eigenvalue weighted by Crippen LogP contribution is -2.42. The Morgan fingerprint density at radius 2 is 2.41 bits per heavy atom. The number of pyridine rings is 1. The highest BCUT2D eigenvalue weighted by Crippen LogP contribution is 2.19. The number of amides is 2. The molecule has 6 nitrogen and oxygen atoms in total. The highest BCUT2D eigenvalue weighted by Gasteiger charge is 2.33. The van der Waals surface area contributed by atoms with Crippen molar-refractivity contribution in [3.8, 4) is 0 Å². The highest BCUT2D eigenvalue weighted by molar-refractivity contribution is 7.99. The smallest absolute Gasteiger partial charge is 0.252 e. The van der Waals surface area contributed by atoms with Gasteiger partial charge in [-0.2, -0.15) is 0 Å². The summed E-state index contributed by atoms with van der Waals surface area (Å²) >= 11 is 1.80. The largest absolute Gasteiger partial charge is 0.352 e. The van der Waals surface area contributed by atoms with Crippen molar-refractivity contribution < 1.29 is 9.59 Å². The number of nitrogens with zero attached hydrogens (tertiary/aromatic N) is 2. The zero-order chi connectivity index (χ0) is 15.4. The van der Waals surface area contributed by atoms with Gasteiger partial charge >= 0.3 is 0 Å². The van der Waals surface area contributed by atoms with E-state index >= 15 is 0 Å². The number of carbonyl (C=O) groups excluding carboxylic acids is 2. The van der Waals surface area contributed by atoms with E-state index in [1.54, 1.807) is 36.3 Å². The van der Waals surface area contributed by atoms with Crippen molar-refractivity contribution in [2.24, 2.45) is 5.92 Å². The maximum atomic E-state index is 12.3. The van der Waals surface area contributed by atoms with Crippen LogP contribution in [-0.2, 0) is 4.79 Å². The van der Waals surface area contributed by atoms with Gasteiger partial charge in [0.25, 0.3) is 5.91 Å². The maximum absolute atomic E-state index is 12.3. The fourth-order valence-corrected chi connectivity index (χ4v) is 3.75. The number of carbonyl (C=O) groups is 2. The second-order valence-corrected chi connectivity index (χ2v) is 6.73. The average Bonchev–Trinajstić information content (AvgIpc) is 3.24. The molecule has 1 aromatic rings. The van der Waals surface area contributed by atoms with Crippen LogP contribution in [0.4, 0.5) is 0 Å². The van der Waals surface area contributed by atoms with Crippen LogP contribution in [-0.4, -0.2) is 59.0 Å². The Morgan fingerprint density at radius 1 is 1.50 bits per heavy atom. The molecule has 118 valence electrons. The first-order valence-electron chi connectivity index (χ1n) is 7.52. The maximum Gasteiger partial charge on any atom is 0.252 e. The van der Waals surface area contributed by atoms with E-state index in [0.29, 0.717) is 18.0 Å². The van der Waals surface area contributed by atoms with Crippen molar-refractivity contribution in [1.29, 1.82) is 0 Å². The molecular weight excluding hydrogens is 300 g/mol. The summed E-state index contributed by atoms with van der Waals surface area (Å²) in [7, 11) is 0. The van der Waals surface area contributed by atoms with Crippen molar-refractivity contribution in [3.05, 3.63) is 30.1 Å². The fourth-order valence-electron chi connectivity index (χ4n) is 2.80. The van der Waals surface area contributed by atoms with E-state index in [-0.39, 0.29) is 17.9 Å². The van der Waals surface area contributed by atoms with Crippen LogP contribution in [0.2, 0.25) is 0 Å². The Bertz CT molecular complexity index is 534. The van der Waals surface area contributed by atoms with Crippen molar-refractivity contribution in [2.45, 2.75) is 12.5 Å². The third-order valence-electron chi connectivity index (χ3n) is 4.06. The zero-order valence-electron chi connectivity index (χ0n) is 12.3. The summed E-state index contributed by atoms with van der Waals surface area (Å²) in [6.45, 7) is 2.20. The van der Waals surface area contributed by atoms with E-state index in [1.165, 1.54) is 0 Å². The second kappa shape index (κ2) is 7.11. The average molecular weight is 320 g/mol. The number of thioether (sulfide) groups is 1. The molecule has 1 aromatic heterocycles. The number of aromatic nitrogens is 1. The molecule has 22 heavy (non-hydrogen) atoms. The fraction of sp³-hybridized carbons (Fsp3) is 0.533. The molecule has 1 unspecified atom stereocenters. The molecule has 2 saturated heterocycles. The van der Waals surface area contributed by atoms with Crippen LogP contribution in [0.5, 0.6) is 0 Å². The molecule has 2 fully saturated rings. The molecule has 2 atom stereocenters. The van der Waals surface area contributed by atoms with Gasteiger partial charge in [-0.1, -0.05) is 0 Å². The minimum atomic E-state index is -0.112. The predicted molar refractivity (Wildman–Crippen MR) is 85.5 cm³/mol. The van der Waals surface area contributed by atoms with Crippen LogP contribution >= 0.6 is 11.8 Å². The van der Waals surface area contributed by atoms with Crippen LogP contribution in [0, 0.1) is 5.92 Å². The van der Waals surface area contributed by atoms with Crippen molar-refractivity contribution in [2.75, 3.05) is 31.3 Å². The first-order chi connectivity index (χ1) is 10.7. The Labute approximate surface area is 134 Å². The normalized spacial score (nSPS) is 24.5. The van der Waals surface area contributed by atoms with Gasteiger partial charge in [-0.15, -0.1) is 11.8 Å². The van der Waals surface area contributed by atoms with Crippen molar-refractivity contribution in [1.82, 2.24) is 20.5 Å². The lowest BCUT2D eigenvalue weighted by molar-refractivity contribution is -0.131. The van der Waals surface area contributed by atoms with Gasteiger partial charge in [0.15, 0.2) is 0 Å². The molecule has 0 bridgehead atoms. The summed E-state index contributed by atoms with van der Waals surface area (Å²) in [5, 5.41) is 6.20. The Kier molecular flexibility index (Phi) is 4.94. The van der Waals surface area contributed by atoms with Crippen LogP contribution in [0.15, 0.2) is 24.5 Å². The summed E-state index contributed by atoms with van der Waals surface area (Å²) < 4.78 is 0. The molecule has 2 aliphatic heterocycles. The van der Waals surface area contributed by atoms with Gasteiger partial charge in [-0.25, -0.2) is 0 Å². The van der Waals surface area contributed by atoms with Gasteiger partial charge in [0.1, 0.15) is 0 Å². The van der Waals surface area contributed by atoms with E-state index in [9.17, 15) is 9.59 Å². The van der Waals surface area contributed by atoms with Gasteiger partial charge in [0.2, 0.25) is 5.91 Å². The van der Waals surface area contributed by atoms with E-state index in [4.69, 9.17) is 0 Å². The zero-order valence-corrected chi connectivity index (χ0v) is 13.1. The molecule has 3 rings (SSSR count). The molecule has 0 aliphatic carbocycles. The summed E-state index contributed by atoms with van der Waals surface area (Å²) in [6, 6.07) is 3.39. The third kappa shape index (κ3) is 3.59. The number of hydrogen-bond acceptors (Lipinski definition) is 5. The molecule has 0 saturated carbocycles. The van der Waals surface area contributed by atoms with E-state index in [1.807, 2.05) is 4.90 Å². The molecule has 0 aromatic carbocycles. The predicted octanol–water partition coefficient (Wildman–Crippen LogP) is 0.322. The van der Waals surface area contributed by atoms with Crippen LogP contribution in [0.3, 0.4) is 0 Å². The summed E-state index contributed by atoms with van der Waals surface area (Å²) in [4.78, 5) is 30.1. The summed E-state index contributed by atoms with van der Waals surface area (Å²) in [5.74, 6) is 2.22.